The summed E-state index contributed by atoms with van der Waals surface area (Å²) in [6, 6.07) is 0. The Morgan fingerprint density at radius 1 is 0.309 bits per heavy atom. The third-order valence-corrected chi connectivity index (χ3v) is 12.8. The lowest BCUT2D eigenvalue weighted by atomic mass is 10.0. The first-order valence-corrected chi connectivity index (χ1v) is 29.3. The van der Waals surface area contributed by atoms with Crippen LogP contribution in [0.5, 0.6) is 0 Å². The summed E-state index contributed by atoms with van der Waals surface area (Å²) in [6.07, 6.45) is 70.8. The highest BCUT2D eigenvalue weighted by Gasteiger charge is 2.19. The van der Waals surface area contributed by atoms with Gasteiger partial charge >= 0.3 is 17.9 Å². The van der Waals surface area contributed by atoms with E-state index in [-0.39, 0.29) is 37.5 Å². The van der Waals surface area contributed by atoms with Gasteiger partial charge in [0.05, 0.1) is 0 Å². The van der Waals surface area contributed by atoms with Gasteiger partial charge in [-0.05, 0) is 51.4 Å². The number of esters is 3. The molecule has 68 heavy (non-hydrogen) atoms. The smallest absolute Gasteiger partial charge is 0.306 e. The van der Waals surface area contributed by atoms with Crippen LogP contribution >= 0.6 is 0 Å². The van der Waals surface area contributed by atoms with Crippen LogP contribution in [0.2, 0.25) is 0 Å². The third kappa shape index (κ3) is 54.1. The minimum atomic E-state index is -0.810. The van der Waals surface area contributed by atoms with Crippen LogP contribution in [0.4, 0.5) is 0 Å². The topological polar surface area (TPSA) is 78.9 Å². The van der Waals surface area contributed by atoms with Crippen LogP contribution in [0, 0.1) is 0 Å². The van der Waals surface area contributed by atoms with Crippen LogP contribution in [0.15, 0.2) is 60.8 Å². The molecule has 0 spiro atoms. The number of unbranched alkanes of at least 4 members (excludes halogenated alkanes) is 32. The Morgan fingerprint density at radius 2 is 0.574 bits per heavy atom. The predicted molar refractivity (Wildman–Crippen MR) is 293 cm³/mol. The number of ether oxygens (including phenoxy) is 3. The van der Waals surface area contributed by atoms with E-state index in [9.17, 15) is 14.4 Å². The molecule has 1 atom stereocenters. The van der Waals surface area contributed by atoms with Crippen LogP contribution < -0.4 is 0 Å². The largest absolute Gasteiger partial charge is 0.462 e. The van der Waals surface area contributed by atoms with Crippen molar-refractivity contribution in [2.45, 2.75) is 303 Å². The molecular formula is C62H110O6. The SMILES string of the molecule is CC/C=C\C/C=C\C/C=C\C/C=C\C/C=C\CCC(=O)OC(COC(=O)CCCCCCCCCCCCCCCCCC)COC(=O)CCCCCCCCCCCCCCCCCCCC. The maximum atomic E-state index is 12.8. The van der Waals surface area contributed by atoms with Crippen molar-refractivity contribution in [2.24, 2.45) is 0 Å². The molecule has 0 bridgehead atoms. The van der Waals surface area contributed by atoms with Crippen LogP contribution in [-0.2, 0) is 28.6 Å². The van der Waals surface area contributed by atoms with Gasteiger partial charge in [0, 0.05) is 19.3 Å². The molecule has 0 aliphatic heterocycles. The van der Waals surface area contributed by atoms with Crippen LogP contribution in [0.3, 0.4) is 0 Å². The van der Waals surface area contributed by atoms with Crippen LogP contribution in [-0.4, -0.2) is 37.2 Å². The highest BCUT2D eigenvalue weighted by Crippen LogP contribution is 2.17. The van der Waals surface area contributed by atoms with E-state index in [0.29, 0.717) is 19.3 Å². The quantitative estimate of drug-likeness (QED) is 0.0262. The molecule has 0 saturated heterocycles. The van der Waals surface area contributed by atoms with E-state index in [2.05, 4.69) is 75.5 Å². The summed E-state index contributed by atoms with van der Waals surface area (Å²) in [5.41, 5.74) is 0. The fraction of sp³-hybridized carbons (Fsp3) is 0.790. The monoisotopic (exact) mass is 951 g/mol. The second-order valence-electron chi connectivity index (χ2n) is 19.5. The third-order valence-electron chi connectivity index (χ3n) is 12.8. The fourth-order valence-corrected chi connectivity index (χ4v) is 8.44. The minimum absolute atomic E-state index is 0.0996. The first-order valence-electron chi connectivity index (χ1n) is 29.3. The average molecular weight is 952 g/mol. The zero-order valence-electron chi connectivity index (χ0n) is 45.1. The van der Waals surface area contributed by atoms with E-state index in [1.165, 1.54) is 180 Å². The Bertz CT molecular complexity index is 1230. The maximum absolute atomic E-state index is 12.8. The van der Waals surface area contributed by atoms with Crippen molar-refractivity contribution < 1.29 is 28.6 Å². The van der Waals surface area contributed by atoms with Crippen molar-refractivity contribution in [2.75, 3.05) is 13.2 Å². The lowest BCUT2D eigenvalue weighted by Gasteiger charge is -2.18. The molecule has 0 aromatic carbocycles. The number of rotatable bonds is 53. The summed E-state index contributed by atoms with van der Waals surface area (Å²) in [5, 5.41) is 0. The van der Waals surface area contributed by atoms with Crippen molar-refractivity contribution >= 4 is 17.9 Å². The van der Waals surface area contributed by atoms with Gasteiger partial charge in [-0.25, -0.2) is 0 Å². The zero-order chi connectivity index (χ0) is 49.3. The summed E-state index contributed by atoms with van der Waals surface area (Å²) in [4.78, 5) is 38.1. The average Bonchev–Trinajstić information content (AvgIpc) is 3.34. The number of allylic oxidation sites excluding steroid dienone is 10. The summed E-state index contributed by atoms with van der Waals surface area (Å²) < 4.78 is 16.8. The molecule has 0 saturated carbocycles. The molecule has 0 aliphatic carbocycles. The molecule has 0 amide bonds. The van der Waals surface area contributed by atoms with Gasteiger partial charge in [0.2, 0.25) is 0 Å². The summed E-state index contributed by atoms with van der Waals surface area (Å²) >= 11 is 0. The van der Waals surface area contributed by atoms with E-state index in [4.69, 9.17) is 14.2 Å². The van der Waals surface area contributed by atoms with Gasteiger partial charge in [0.1, 0.15) is 13.2 Å². The van der Waals surface area contributed by atoms with Gasteiger partial charge in [0.25, 0.3) is 0 Å². The lowest BCUT2D eigenvalue weighted by molar-refractivity contribution is -0.166. The molecule has 0 rings (SSSR count). The number of carbonyl (C=O) groups is 3. The molecule has 6 heteroatoms. The van der Waals surface area contributed by atoms with Crippen LogP contribution in [0.1, 0.15) is 297 Å². The molecule has 1 unspecified atom stereocenters. The fourth-order valence-electron chi connectivity index (χ4n) is 8.44. The van der Waals surface area contributed by atoms with Gasteiger partial charge in [-0.1, -0.05) is 287 Å². The molecule has 6 nitrogen and oxygen atoms in total. The van der Waals surface area contributed by atoms with Gasteiger partial charge < -0.3 is 14.2 Å². The molecule has 0 heterocycles. The van der Waals surface area contributed by atoms with E-state index in [1.54, 1.807) is 0 Å². The van der Waals surface area contributed by atoms with E-state index in [1.807, 2.05) is 6.08 Å². The predicted octanol–water partition coefficient (Wildman–Crippen LogP) is 19.6. The van der Waals surface area contributed by atoms with E-state index in [0.717, 1.165) is 70.6 Å². The Balaban J connectivity index is 4.42. The number of hydrogen-bond acceptors (Lipinski definition) is 6. The molecule has 0 aliphatic rings. The van der Waals surface area contributed by atoms with Gasteiger partial charge in [-0.15, -0.1) is 0 Å². The molecule has 0 N–H and O–H groups in total. The Kier molecular flexibility index (Phi) is 54.3. The van der Waals surface area contributed by atoms with E-state index < -0.39 is 6.10 Å². The second-order valence-corrected chi connectivity index (χ2v) is 19.5. The van der Waals surface area contributed by atoms with Crippen molar-refractivity contribution in [1.82, 2.24) is 0 Å². The van der Waals surface area contributed by atoms with Crippen molar-refractivity contribution in [3.05, 3.63) is 60.8 Å². The highest BCUT2D eigenvalue weighted by molar-refractivity contribution is 5.71. The highest BCUT2D eigenvalue weighted by atomic mass is 16.6. The normalized spacial score (nSPS) is 12.5. The second kappa shape index (κ2) is 56.7. The molecular weight excluding hydrogens is 841 g/mol. The molecule has 0 aromatic heterocycles. The lowest BCUT2D eigenvalue weighted by Crippen LogP contribution is -2.30. The Morgan fingerprint density at radius 3 is 0.868 bits per heavy atom. The number of carbonyl (C=O) groups excluding carboxylic acids is 3. The summed E-state index contributed by atoms with van der Waals surface area (Å²) in [6.45, 7) is 6.51. The van der Waals surface area contributed by atoms with Gasteiger partial charge in [0.15, 0.2) is 6.10 Å². The summed E-state index contributed by atoms with van der Waals surface area (Å²) in [7, 11) is 0. The molecule has 0 radical (unpaired) electrons. The molecule has 0 fully saturated rings. The number of hydrogen-bond donors (Lipinski definition) is 0. The first-order chi connectivity index (χ1) is 33.5. The Labute approximate surface area is 421 Å². The minimum Gasteiger partial charge on any atom is -0.462 e. The van der Waals surface area contributed by atoms with Crippen LogP contribution in [0.25, 0.3) is 0 Å². The molecule has 0 aromatic rings. The van der Waals surface area contributed by atoms with Gasteiger partial charge in [-0.2, -0.15) is 0 Å². The van der Waals surface area contributed by atoms with Crippen molar-refractivity contribution in [3.8, 4) is 0 Å². The van der Waals surface area contributed by atoms with Crippen molar-refractivity contribution in [1.29, 1.82) is 0 Å². The Hall–Kier alpha value is -2.89. The zero-order valence-corrected chi connectivity index (χ0v) is 45.1. The maximum Gasteiger partial charge on any atom is 0.306 e. The van der Waals surface area contributed by atoms with E-state index >= 15 is 0 Å². The van der Waals surface area contributed by atoms with Crippen molar-refractivity contribution in [3.63, 3.8) is 0 Å². The van der Waals surface area contributed by atoms with Gasteiger partial charge in [-0.3, -0.25) is 14.4 Å². The summed E-state index contributed by atoms with van der Waals surface area (Å²) in [5.74, 6) is -0.967. The molecule has 394 valence electrons. The standard InChI is InChI=1S/C62H110O6/c1-4-7-10-13-16-19-22-25-28-31-32-35-37-40-43-46-49-52-55-61(64)67-58-59(68-62(65)56-53-50-47-44-41-38-34-30-27-24-21-18-15-12-9-6-3)57-66-60(63)54-51-48-45-42-39-36-33-29-26-23-20-17-14-11-8-5-2/h9,12,18,21,27,30,38,41,47,50,59H,4-8,10-11,13-17,19-20,22-26,28-29,31-37,39-40,42-46,48-49,51-58H2,1-3H3/b12-9-,21-18-,30-27-,41-38-,50-47-. The first kappa shape index (κ1) is 65.1.